The van der Waals surface area contributed by atoms with E-state index in [1.807, 2.05) is 0 Å². The third-order valence-electron chi connectivity index (χ3n) is 1.76. The highest BCUT2D eigenvalue weighted by Gasteiger charge is 2.09. The summed E-state index contributed by atoms with van der Waals surface area (Å²) in [5.74, 6) is -0.744. The Morgan fingerprint density at radius 2 is 2.14 bits per heavy atom. The van der Waals surface area contributed by atoms with Gasteiger partial charge in [0.15, 0.2) is 11.6 Å². The van der Waals surface area contributed by atoms with E-state index in [0.29, 0.717) is 17.9 Å². The lowest BCUT2D eigenvalue weighted by Crippen LogP contribution is -2.11. The van der Waals surface area contributed by atoms with Gasteiger partial charge < -0.3 is 14.7 Å². The van der Waals surface area contributed by atoms with Crippen LogP contribution < -0.4 is 10.2 Å². The number of hydrogen-bond donors (Lipinski definition) is 2. The van der Waals surface area contributed by atoms with Gasteiger partial charge in [-0.25, -0.2) is 4.39 Å². The standard InChI is InChI=1S/C9H12FNO3/c1-13-9-4-7(10)8(12)3-6(9)5-11-14-2/h3-4,11-12H,5H2,1-2H3. The minimum absolute atomic E-state index is 0.327. The van der Waals surface area contributed by atoms with Gasteiger partial charge in [-0.15, -0.1) is 0 Å². The zero-order valence-electron chi connectivity index (χ0n) is 8.00. The van der Waals surface area contributed by atoms with E-state index in [0.717, 1.165) is 6.07 Å². The lowest BCUT2D eigenvalue weighted by atomic mass is 10.2. The van der Waals surface area contributed by atoms with Gasteiger partial charge in [0, 0.05) is 18.2 Å². The number of benzene rings is 1. The second kappa shape index (κ2) is 4.78. The summed E-state index contributed by atoms with van der Waals surface area (Å²) < 4.78 is 17.8. The molecule has 0 atom stereocenters. The first-order valence-electron chi connectivity index (χ1n) is 4.00. The van der Waals surface area contributed by atoms with E-state index in [1.54, 1.807) is 0 Å². The molecule has 0 aromatic heterocycles. The Labute approximate surface area is 81.2 Å². The number of hydroxylamine groups is 1. The third-order valence-corrected chi connectivity index (χ3v) is 1.76. The van der Waals surface area contributed by atoms with E-state index in [1.165, 1.54) is 20.3 Å². The number of halogens is 1. The van der Waals surface area contributed by atoms with Crippen molar-refractivity contribution in [2.45, 2.75) is 6.54 Å². The maximum absolute atomic E-state index is 12.9. The van der Waals surface area contributed by atoms with Gasteiger partial charge in [0.2, 0.25) is 0 Å². The molecule has 0 saturated carbocycles. The number of rotatable bonds is 4. The van der Waals surface area contributed by atoms with Gasteiger partial charge in [-0.2, -0.15) is 5.48 Å². The molecule has 14 heavy (non-hydrogen) atoms. The van der Waals surface area contributed by atoms with Crippen molar-refractivity contribution < 1.29 is 19.1 Å². The molecule has 78 valence electrons. The Morgan fingerprint density at radius 1 is 1.43 bits per heavy atom. The number of phenolic OH excluding ortho intramolecular Hbond substituents is 1. The van der Waals surface area contributed by atoms with E-state index < -0.39 is 11.6 Å². The smallest absolute Gasteiger partial charge is 0.168 e. The molecule has 1 rings (SSSR count). The first-order chi connectivity index (χ1) is 6.69. The molecule has 0 aliphatic heterocycles. The zero-order chi connectivity index (χ0) is 10.6. The monoisotopic (exact) mass is 201 g/mol. The fourth-order valence-corrected chi connectivity index (χ4v) is 1.06. The van der Waals surface area contributed by atoms with Crippen LogP contribution in [0.15, 0.2) is 12.1 Å². The number of hydrogen-bond acceptors (Lipinski definition) is 4. The average molecular weight is 201 g/mol. The lowest BCUT2D eigenvalue weighted by Gasteiger charge is -2.09. The van der Waals surface area contributed by atoms with Crippen LogP contribution in [-0.4, -0.2) is 19.3 Å². The van der Waals surface area contributed by atoms with Crippen molar-refractivity contribution in [2.75, 3.05) is 14.2 Å². The summed E-state index contributed by atoms with van der Waals surface area (Å²) >= 11 is 0. The molecule has 0 bridgehead atoms. The number of phenols is 1. The Kier molecular flexibility index (Phi) is 3.67. The molecule has 5 heteroatoms. The molecule has 0 heterocycles. The highest BCUT2D eigenvalue weighted by atomic mass is 19.1. The van der Waals surface area contributed by atoms with Crippen LogP contribution in [0.4, 0.5) is 4.39 Å². The molecule has 0 spiro atoms. The van der Waals surface area contributed by atoms with E-state index in [2.05, 4.69) is 10.3 Å². The van der Waals surface area contributed by atoms with Crippen molar-refractivity contribution in [3.8, 4) is 11.5 Å². The van der Waals surface area contributed by atoms with Gasteiger partial charge in [0.05, 0.1) is 14.2 Å². The Hall–Kier alpha value is -1.33. The van der Waals surface area contributed by atoms with Crippen molar-refractivity contribution in [3.63, 3.8) is 0 Å². The van der Waals surface area contributed by atoms with Gasteiger partial charge in [0.25, 0.3) is 0 Å². The summed E-state index contributed by atoms with van der Waals surface area (Å²) in [5, 5.41) is 9.12. The zero-order valence-corrected chi connectivity index (χ0v) is 8.00. The summed E-state index contributed by atoms with van der Waals surface area (Å²) in [7, 11) is 2.90. The molecule has 0 amide bonds. The van der Waals surface area contributed by atoms with E-state index in [-0.39, 0.29) is 0 Å². The van der Waals surface area contributed by atoms with Crippen molar-refractivity contribution in [3.05, 3.63) is 23.5 Å². The van der Waals surface area contributed by atoms with Crippen molar-refractivity contribution in [2.24, 2.45) is 0 Å². The van der Waals surface area contributed by atoms with Crippen LogP contribution in [0.3, 0.4) is 0 Å². The first kappa shape index (κ1) is 10.7. The van der Waals surface area contributed by atoms with E-state index in [9.17, 15) is 4.39 Å². The average Bonchev–Trinajstić information content (AvgIpc) is 2.19. The van der Waals surface area contributed by atoms with Crippen LogP contribution in [0.25, 0.3) is 0 Å². The summed E-state index contributed by atoms with van der Waals surface area (Å²) in [6.45, 7) is 0.327. The predicted molar refractivity (Wildman–Crippen MR) is 48.5 cm³/mol. The summed E-state index contributed by atoms with van der Waals surface area (Å²) in [6.07, 6.45) is 0. The summed E-state index contributed by atoms with van der Waals surface area (Å²) in [6, 6.07) is 2.42. The second-order valence-corrected chi connectivity index (χ2v) is 2.64. The molecule has 0 fully saturated rings. The van der Waals surface area contributed by atoms with Gasteiger partial charge in [-0.3, -0.25) is 0 Å². The molecule has 4 nitrogen and oxygen atoms in total. The second-order valence-electron chi connectivity index (χ2n) is 2.64. The third kappa shape index (κ3) is 2.34. The Balaban J connectivity index is 2.95. The quantitative estimate of drug-likeness (QED) is 0.718. The molecule has 1 aromatic carbocycles. The molecule has 1 aromatic rings. The maximum Gasteiger partial charge on any atom is 0.168 e. The highest BCUT2D eigenvalue weighted by Crippen LogP contribution is 2.26. The Morgan fingerprint density at radius 3 is 2.71 bits per heavy atom. The number of ether oxygens (including phenoxy) is 1. The number of methoxy groups -OCH3 is 1. The minimum atomic E-state index is -0.706. The topological polar surface area (TPSA) is 50.7 Å². The van der Waals surface area contributed by atoms with Gasteiger partial charge in [0.1, 0.15) is 5.75 Å². The van der Waals surface area contributed by atoms with Gasteiger partial charge in [-0.1, -0.05) is 0 Å². The molecule has 2 N–H and O–H groups in total. The SMILES string of the molecule is CONCc1cc(O)c(F)cc1OC. The highest BCUT2D eigenvalue weighted by molar-refractivity contribution is 5.40. The van der Waals surface area contributed by atoms with E-state index in [4.69, 9.17) is 9.84 Å². The molecular weight excluding hydrogens is 189 g/mol. The van der Waals surface area contributed by atoms with Crippen molar-refractivity contribution >= 4 is 0 Å². The molecule has 0 unspecified atom stereocenters. The van der Waals surface area contributed by atoms with Crippen LogP contribution in [-0.2, 0) is 11.4 Å². The molecule has 0 aliphatic carbocycles. The fraction of sp³-hybridized carbons (Fsp3) is 0.333. The maximum atomic E-state index is 12.9. The molecular formula is C9H12FNO3. The van der Waals surface area contributed by atoms with Crippen LogP contribution in [0.1, 0.15) is 5.56 Å². The van der Waals surface area contributed by atoms with Gasteiger partial charge in [-0.05, 0) is 6.07 Å². The summed E-state index contributed by atoms with van der Waals surface area (Å²) in [5.41, 5.74) is 3.19. The normalized spacial score (nSPS) is 10.2. The van der Waals surface area contributed by atoms with Crippen molar-refractivity contribution in [1.82, 2.24) is 5.48 Å². The number of nitrogens with one attached hydrogen (secondary N) is 1. The van der Waals surface area contributed by atoms with Gasteiger partial charge >= 0.3 is 0 Å². The predicted octanol–water partition coefficient (Wildman–Crippen LogP) is 1.19. The first-order valence-corrected chi connectivity index (χ1v) is 4.00. The van der Waals surface area contributed by atoms with Crippen LogP contribution in [0, 0.1) is 5.82 Å². The van der Waals surface area contributed by atoms with Crippen molar-refractivity contribution in [1.29, 1.82) is 0 Å². The fourth-order valence-electron chi connectivity index (χ4n) is 1.06. The van der Waals surface area contributed by atoms with Crippen LogP contribution in [0.5, 0.6) is 11.5 Å². The van der Waals surface area contributed by atoms with E-state index >= 15 is 0 Å². The molecule has 0 radical (unpaired) electrons. The molecule has 0 saturated heterocycles. The van der Waals surface area contributed by atoms with Crippen LogP contribution in [0.2, 0.25) is 0 Å². The van der Waals surface area contributed by atoms with Crippen LogP contribution >= 0.6 is 0 Å². The number of aromatic hydroxyl groups is 1. The largest absolute Gasteiger partial charge is 0.505 e. The minimum Gasteiger partial charge on any atom is -0.505 e. The molecule has 0 aliphatic rings. The lowest BCUT2D eigenvalue weighted by molar-refractivity contribution is 0.0860. The Bertz CT molecular complexity index is 317. The summed E-state index contributed by atoms with van der Waals surface area (Å²) in [4.78, 5) is 4.63.